The summed E-state index contributed by atoms with van der Waals surface area (Å²) in [6, 6.07) is 0. The van der Waals surface area contributed by atoms with Gasteiger partial charge in [0.05, 0.1) is 0 Å². The lowest BCUT2D eigenvalue weighted by Crippen LogP contribution is -2.27. The molecular weight excluding hydrogens is 178 g/mol. The van der Waals surface area contributed by atoms with E-state index in [1.54, 1.807) is 7.11 Å². The van der Waals surface area contributed by atoms with E-state index in [9.17, 15) is 4.79 Å². The molecule has 84 valence electrons. The van der Waals surface area contributed by atoms with Crippen LogP contribution in [0, 0.1) is 5.41 Å². The van der Waals surface area contributed by atoms with Crippen LogP contribution in [0.25, 0.3) is 0 Å². The molecule has 3 heteroatoms. The normalized spacial score (nSPS) is 11.4. The van der Waals surface area contributed by atoms with Crippen LogP contribution in [0.4, 0.5) is 0 Å². The molecule has 0 bridgehead atoms. The Morgan fingerprint density at radius 3 is 2.50 bits per heavy atom. The minimum absolute atomic E-state index is 0.131. The minimum Gasteiger partial charge on any atom is -0.385 e. The molecule has 0 saturated carbocycles. The van der Waals surface area contributed by atoms with Gasteiger partial charge in [-0.3, -0.25) is 4.79 Å². The first-order valence-corrected chi connectivity index (χ1v) is 5.21. The van der Waals surface area contributed by atoms with Crippen LogP contribution >= 0.6 is 0 Å². The minimum atomic E-state index is 0.131. The van der Waals surface area contributed by atoms with E-state index in [4.69, 9.17) is 4.74 Å². The Kier molecular flexibility index (Phi) is 6.54. The van der Waals surface area contributed by atoms with Gasteiger partial charge in [-0.15, -0.1) is 0 Å². The zero-order chi connectivity index (χ0) is 11.0. The zero-order valence-electron chi connectivity index (χ0n) is 9.85. The van der Waals surface area contributed by atoms with Gasteiger partial charge >= 0.3 is 0 Å². The Bertz CT molecular complexity index is 161. The first kappa shape index (κ1) is 13.4. The molecule has 1 amide bonds. The SMILES string of the molecule is COCCCC(=O)NCCC(C)(C)C. The Morgan fingerprint density at radius 1 is 1.36 bits per heavy atom. The molecule has 0 aliphatic heterocycles. The van der Waals surface area contributed by atoms with Gasteiger partial charge in [0.15, 0.2) is 0 Å². The number of ether oxygens (including phenoxy) is 1. The van der Waals surface area contributed by atoms with Crippen molar-refractivity contribution in [1.29, 1.82) is 0 Å². The summed E-state index contributed by atoms with van der Waals surface area (Å²) in [5.41, 5.74) is 0.291. The van der Waals surface area contributed by atoms with Crippen molar-refractivity contribution in [2.24, 2.45) is 5.41 Å². The molecule has 0 saturated heterocycles. The summed E-state index contributed by atoms with van der Waals surface area (Å²) in [5.74, 6) is 0.131. The number of hydrogen-bond donors (Lipinski definition) is 1. The molecule has 0 rings (SSSR count). The summed E-state index contributed by atoms with van der Waals surface area (Å²) in [5, 5.41) is 2.90. The molecule has 0 atom stereocenters. The van der Waals surface area contributed by atoms with Crippen LogP contribution in [0.15, 0.2) is 0 Å². The topological polar surface area (TPSA) is 38.3 Å². The lowest BCUT2D eigenvalue weighted by molar-refractivity contribution is -0.121. The fourth-order valence-electron chi connectivity index (χ4n) is 1.04. The number of hydrogen-bond acceptors (Lipinski definition) is 2. The van der Waals surface area contributed by atoms with E-state index in [1.165, 1.54) is 0 Å². The van der Waals surface area contributed by atoms with Crippen molar-refractivity contribution in [2.75, 3.05) is 20.3 Å². The summed E-state index contributed by atoms with van der Waals surface area (Å²) >= 11 is 0. The van der Waals surface area contributed by atoms with Crippen molar-refractivity contribution in [3.05, 3.63) is 0 Å². The number of carbonyl (C=O) groups excluding carboxylic acids is 1. The second-order valence-electron chi connectivity index (χ2n) is 4.76. The molecule has 14 heavy (non-hydrogen) atoms. The second kappa shape index (κ2) is 6.82. The molecule has 0 fully saturated rings. The molecule has 0 aromatic rings. The Morgan fingerprint density at radius 2 is 2.00 bits per heavy atom. The van der Waals surface area contributed by atoms with E-state index in [2.05, 4.69) is 26.1 Å². The van der Waals surface area contributed by atoms with Crippen LogP contribution < -0.4 is 5.32 Å². The first-order chi connectivity index (χ1) is 6.45. The van der Waals surface area contributed by atoms with E-state index >= 15 is 0 Å². The monoisotopic (exact) mass is 201 g/mol. The van der Waals surface area contributed by atoms with Crippen LogP contribution in [0.3, 0.4) is 0 Å². The van der Waals surface area contributed by atoms with E-state index in [-0.39, 0.29) is 5.91 Å². The van der Waals surface area contributed by atoms with Gasteiger partial charge in [-0.05, 0) is 18.3 Å². The second-order valence-corrected chi connectivity index (χ2v) is 4.76. The van der Waals surface area contributed by atoms with E-state index in [0.717, 1.165) is 19.4 Å². The highest BCUT2D eigenvalue weighted by molar-refractivity contribution is 5.75. The van der Waals surface area contributed by atoms with Crippen LogP contribution in [0.5, 0.6) is 0 Å². The molecule has 0 heterocycles. The number of carbonyl (C=O) groups is 1. The lowest BCUT2D eigenvalue weighted by atomic mass is 9.92. The summed E-state index contributed by atoms with van der Waals surface area (Å²) < 4.78 is 4.87. The lowest BCUT2D eigenvalue weighted by Gasteiger charge is -2.17. The van der Waals surface area contributed by atoms with Gasteiger partial charge in [0, 0.05) is 26.7 Å². The predicted molar refractivity (Wildman–Crippen MR) is 58.2 cm³/mol. The third-order valence-electron chi connectivity index (χ3n) is 1.95. The number of rotatable bonds is 6. The van der Waals surface area contributed by atoms with E-state index in [1.807, 2.05) is 0 Å². The van der Waals surface area contributed by atoms with Gasteiger partial charge in [-0.2, -0.15) is 0 Å². The third kappa shape index (κ3) is 9.52. The van der Waals surface area contributed by atoms with Crippen LogP contribution in [-0.2, 0) is 9.53 Å². The van der Waals surface area contributed by atoms with Crippen molar-refractivity contribution in [3.8, 4) is 0 Å². The number of nitrogens with one attached hydrogen (secondary N) is 1. The molecule has 0 unspecified atom stereocenters. The molecule has 0 aliphatic rings. The van der Waals surface area contributed by atoms with Crippen LogP contribution in [0.2, 0.25) is 0 Å². The van der Waals surface area contributed by atoms with Crippen molar-refractivity contribution >= 4 is 5.91 Å². The van der Waals surface area contributed by atoms with Gasteiger partial charge in [0.1, 0.15) is 0 Å². The average Bonchev–Trinajstić information content (AvgIpc) is 2.02. The van der Waals surface area contributed by atoms with Gasteiger partial charge in [0.25, 0.3) is 0 Å². The highest BCUT2D eigenvalue weighted by Gasteiger charge is 2.09. The van der Waals surface area contributed by atoms with Gasteiger partial charge in [0.2, 0.25) is 5.91 Å². The number of methoxy groups -OCH3 is 1. The summed E-state index contributed by atoms with van der Waals surface area (Å²) in [6.07, 6.45) is 2.39. The highest BCUT2D eigenvalue weighted by atomic mass is 16.5. The number of amides is 1. The molecule has 3 nitrogen and oxygen atoms in total. The van der Waals surface area contributed by atoms with Crippen molar-refractivity contribution < 1.29 is 9.53 Å². The standard InChI is InChI=1S/C11H23NO2/c1-11(2,3)7-8-12-10(13)6-5-9-14-4/h5-9H2,1-4H3,(H,12,13). The summed E-state index contributed by atoms with van der Waals surface area (Å²) in [6.45, 7) is 7.94. The van der Waals surface area contributed by atoms with Gasteiger partial charge < -0.3 is 10.1 Å². The quantitative estimate of drug-likeness (QED) is 0.667. The summed E-state index contributed by atoms with van der Waals surface area (Å²) in [4.78, 5) is 11.2. The van der Waals surface area contributed by atoms with Crippen molar-refractivity contribution in [2.45, 2.75) is 40.0 Å². The maximum atomic E-state index is 11.2. The largest absolute Gasteiger partial charge is 0.385 e. The van der Waals surface area contributed by atoms with E-state index < -0.39 is 0 Å². The fourth-order valence-corrected chi connectivity index (χ4v) is 1.04. The molecule has 0 aliphatic carbocycles. The maximum absolute atomic E-state index is 11.2. The van der Waals surface area contributed by atoms with E-state index in [0.29, 0.717) is 18.4 Å². The average molecular weight is 201 g/mol. The summed E-state index contributed by atoms with van der Waals surface area (Å²) in [7, 11) is 1.65. The molecule has 0 aromatic carbocycles. The Labute approximate surface area is 87.2 Å². The van der Waals surface area contributed by atoms with Gasteiger partial charge in [-0.1, -0.05) is 20.8 Å². The molecule has 0 spiro atoms. The highest BCUT2D eigenvalue weighted by Crippen LogP contribution is 2.16. The van der Waals surface area contributed by atoms with Crippen molar-refractivity contribution in [3.63, 3.8) is 0 Å². The Hall–Kier alpha value is -0.570. The molecule has 0 aromatic heterocycles. The first-order valence-electron chi connectivity index (χ1n) is 5.21. The third-order valence-corrected chi connectivity index (χ3v) is 1.95. The van der Waals surface area contributed by atoms with Crippen molar-refractivity contribution in [1.82, 2.24) is 5.32 Å². The van der Waals surface area contributed by atoms with Gasteiger partial charge in [-0.25, -0.2) is 0 Å². The molecular formula is C11H23NO2. The Balaban J connectivity index is 3.36. The molecule has 0 radical (unpaired) electrons. The predicted octanol–water partition coefficient (Wildman–Crippen LogP) is 1.97. The zero-order valence-corrected chi connectivity index (χ0v) is 9.85. The fraction of sp³-hybridized carbons (Fsp3) is 0.909. The smallest absolute Gasteiger partial charge is 0.220 e. The van der Waals surface area contributed by atoms with Crippen LogP contribution in [0.1, 0.15) is 40.0 Å². The maximum Gasteiger partial charge on any atom is 0.220 e. The van der Waals surface area contributed by atoms with Crippen LogP contribution in [-0.4, -0.2) is 26.2 Å². The molecule has 1 N–H and O–H groups in total.